The summed E-state index contributed by atoms with van der Waals surface area (Å²) in [5.74, 6) is 0. The summed E-state index contributed by atoms with van der Waals surface area (Å²) in [5, 5.41) is 2.76. The van der Waals surface area contributed by atoms with Gasteiger partial charge in [-0.2, -0.15) is 0 Å². The molecular weight excluding hydrogens is 306 g/mol. The zero-order valence-electron chi connectivity index (χ0n) is 11.6. The van der Waals surface area contributed by atoms with Crippen LogP contribution in [0.4, 0.5) is 10.5 Å². The van der Waals surface area contributed by atoms with Crippen molar-refractivity contribution in [3.8, 4) is 0 Å². The van der Waals surface area contributed by atoms with Crippen molar-refractivity contribution in [1.29, 1.82) is 0 Å². The van der Waals surface area contributed by atoms with Crippen LogP contribution in [0, 0.1) is 0 Å². The second-order valence-electron chi connectivity index (χ2n) is 4.54. The van der Waals surface area contributed by atoms with Crippen LogP contribution in [0.2, 0.25) is 0 Å². The summed E-state index contributed by atoms with van der Waals surface area (Å²) in [5.41, 5.74) is 0.732. The van der Waals surface area contributed by atoms with Gasteiger partial charge in [-0.1, -0.05) is 38.8 Å². The summed E-state index contributed by atoms with van der Waals surface area (Å²) in [4.78, 5) is 11.8. The lowest BCUT2D eigenvalue weighted by Gasteiger charge is -2.16. The number of unbranched alkanes of at least 4 members (excludes halogenated alkanes) is 2. The largest absolute Gasteiger partial charge is 0.446 e. The predicted octanol–water partition coefficient (Wildman–Crippen LogP) is 5.36. The molecule has 0 aliphatic carbocycles. The molecule has 0 bridgehead atoms. The molecule has 19 heavy (non-hydrogen) atoms. The van der Waals surface area contributed by atoms with Gasteiger partial charge in [0.1, 0.15) is 6.10 Å². The topological polar surface area (TPSA) is 38.3 Å². The van der Waals surface area contributed by atoms with Crippen LogP contribution in [0.25, 0.3) is 0 Å². The fourth-order valence-corrected chi connectivity index (χ4v) is 2.21. The van der Waals surface area contributed by atoms with E-state index in [1.165, 1.54) is 12.8 Å². The van der Waals surface area contributed by atoms with E-state index in [0.717, 1.165) is 29.4 Å². The van der Waals surface area contributed by atoms with Gasteiger partial charge in [-0.05, 0) is 47.3 Å². The quantitative estimate of drug-likeness (QED) is 0.685. The number of benzene rings is 1. The number of rotatable bonds is 7. The third-order valence-corrected chi connectivity index (χ3v) is 3.66. The second kappa shape index (κ2) is 8.97. The molecule has 0 saturated carbocycles. The van der Waals surface area contributed by atoms with Crippen LogP contribution in [0.5, 0.6) is 0 Å². The van der Waals surface area contributed by atoms with Crippen molar-refractivity contribution in [3.63, 3.8) is 0 Å². The van der Waals surface area contributed by atoms with Gasteiger partial charge in [0, 0.05) is 4.47 Å². The minimum atomic E-state index is -0.379. The summed E-state index contributed by atoms with van der Waals surface area (Å²) >= 11 is 3.39. The van der Waals surface area contributed by atoms with E-state index >= 15 is 0 Å². The van der Waals surface area contributed by atoms with Crippen LogP contribution in [0.15, 0.2) is 28.7 Å². The van der Waals surface area contributed by atoms with Crippen molar-refractivity contribution >= 4 is 27.7 Å². The highest BCUT2D eigenvalue weighted by atomic mass is 79.9. The Balaban J connectivity index is 2.43. The Labute approximate surface area is 123 Å². The van der Waals surface area contributed by atoms with Crippen molar-refractivity contribution in [2.45, 2.75) is 52.1 Å². The summed E-state index contributed by atoms with van der Waals surface area (Å²) in [7, 11) is 0. The highest BCUT2D eigenvalue weighted by Gasteiger charge is 2.13. The number of para-hydroxylation sites is 1. The van der Waals surface area contributed by atoms with Crippen molar-refractivity contribution in [2.75, 3.05) is 5.32 Å². The first-order chi connectivity index (χ1) is 9.17. The predicted molar refractivity (Wildman–Crippen MR) is 82.5 cm³/mol. The lowest BCUT2D eigenvalue weighted by Crippen LogP contribution is -2.22. The van der Waals surface area contributed by atoms with E-state index in [0.29, 0.717) is 0 Å². The number of amides is 1. The van der Waals surface area contributed by atoms with Gasteiger partial charge >= 0.3 is 6.09 Å². The Morgan fingerprint density at radius 3 is 2.68 bits per heavy atom. The Morgan fingerprint density at radius 1 is 1.32 bits per heavy atom. The van der Waals surface area contributed by atoms with Crippen molar-refractivity contribution < 1.29 is 9.53 Å². The maximum atomic E-state index is 11.8. The molecule has 4 heteroatoms. The van der Waals surface area contributed by atoms with E-state index in [9.17, 15) is 4.79 Å². The SMILES string of the molecule is CCCCCC(CC)OC(=O)Nc1ccccc1Br. The molecule has 0 radical (unpaired) electrons. The van der Waals surface area contributed by atoms with Gasteiger partial charge in [0.05, 0.1) is 5.69 Å². The summed E-state index contributed by atoms with van der Waals surface area (Å²) in [6, 6.07) is 7.50. The molecule has 0 heterocycles. The number of ether oxygens (including phenoxy) is 1. The van der Waals surface area contributed by atoms with E-state index < -0.39 is 0 Å². The van der Waals surface area contributed by atoms with E-state index in [4.69, 9.17) is 4.74 Å². The minimum absolute atomic E-state index is 0.00837. The molecule has 1 N–H and O–H groups in total. The van der Waals surface area contributed by atoms with Crippen molar-refractivity contribution in [3.05, 3.63) is 28.7 Å². The molecule has 1 amide bonds. The van der Waals surface area contributed by atoms with Crippen LogP contribution in [0.1, 0.15) is 46.0 Å². The molecule has 1 aromatic rings. The van der Waals surface area contributed by atoms with E-state index in [2.05, 4.69) is 28.2 Å². The number of hydrogen-bond acceptors (Lipinski definition) is 2. The Hall–Kier alpha value is -1.03. The van der Waals surface area contributed by atoms with Crippen LogP contribution in [-0.4, -0.2) is 12.2 Å². The molecule has 0 aromatic heterocycles. The molecule has 0 aliphatic rings. The highest BCUT2D eigenvalue weighted by molar-refractivity contribution is 9.10. The molecule has 0 spiro atoms. The number of hydrogen-bond donors (Lipinski definition) is 1. The summed E-state index contributed by atoms with van der Waals surface area (Å²) in [6.45, 7) is 4.21. The molecule has 1 rings (SSSR count). The second-order valence-corrected chi connectivity index (χ2v) is 5.39. The van der Waals surface area contributed by atoms with Crippen LogP contribution >= 0.6 is 15.9 Å². The number of carbonyl (C=O) groups is 1. The molecule has 106 valence electrons. The van der Waals surface area contributed by atoms with Gasteiger partial charge in [-0.15, -0.1) is 0 Å². The summed E-state index contributed by atoms with van der Waals surface area (Å²) in [6.07, 6.45) is 4.90. The molecule has 0 saturated heterocycles. The highest BCUT2D eigenvalue weighted by Crippen LogP contribution is 2.21. The fraction of sp³-hybridized carbons (Fsp3) is 0.533. The fourth-order valence-electron chi connectivity index (χ4n) is 1.82. The first kappa shape index (κ1) is 16.0. The van der Waals surface area contributed by atoms with Crippen LogP contribution < -0.4 is 5.32 Å². The first-order valence-electron chi connectivity index (χ1n) is 6.89. The smallest absolute Gasteiger partial charge is 0.411 e. The average Bonchev–Trinajstić information content (AvgIpc) is 2.40. The number of anilines is 1. The third-order valence-electron chi connectivity index (χ3n) is 2.97. The molecular formula is C15H22BrNO2. The Bertz CT molecular complexity index is 395. The van der Waals surface area contributed by atoms with E-state index in [1.54, 1.807) is 0 Å². The molecule has 1 unspecified atom stereocenters. The normalized spacial score (nSPS) is 11.9. The van der Waals surface area contributed by atoms with Crippen LogP contribution in [0.3, 0.4) is 0 Å². The molecule has 0 aliphatic heterocycles. The maximum absolute atomic E-state index is 11.8. The number of nitrogens with one attached hydrogen (secondary N) is 1. The Morgan fingerprint density at radius 2 is 2.05 bits per heavy atom. The third kappa shape index (κ3) is 6.10. The Kier molecular flexibility index (Phi) is 7.56. The molecule has 0 fully saturated rings. The standard InChI is InChI=1S/C15H22BrNO2/c1-3-5-6-9-12(4-2)19-15(18)17-14-11-8-7-10-13(14)16/h7-8,10-12H,3-6,9H2,1-2H3,(H,17,18). The monoisotopic (exact) mass is 327 g/mol. The lowest BCUT2D eigenvalue weighted by molar-refractivity contribution is 0.101. The van der Waals surface area contributed by atoms with Gasteiger partial charge < -0.3 is 4.74 Å². The molecule has 1 aromatic carbocycles. The molecule has 3 nitrogen and oxygen atoms in total. The zero-order chi connectivity index (χ0) is 14.1. The number of carbonyl (C=O) groups excluding carboxylic acids is 1. The van der Waals surface area contributed by atoms with Gasteiger partial charge in [-0.25, -0.2) is 4.79 Å². The lowest BCUT2D eigenvalue weighted by atomic mass is 10.1. The van der Waals surface area contributed by atoms with Gasteiger partial charge in [0.2, 0.25) is 0 Å². The molecule has 1 atom stereocenters. The van der Waals surface area contributed by atoms with Gasteiger partial charge in [0.15, 0.2) is 0 Å². The van der Waals surface area contributed by atoms with Crippen molar-refractivity contribution in [2.24, 2.45) is 0 Å². The van der Waals surface area contributed by atoms with E-state index in [-0.39, 0.29) is 12.2 Å². The minimum Gasteiger partial charge on any atom is -0.446 e. The van der Waals surface area contributed by atoms with Gasteiger partial charge in [-0.3, -0.25) is 5.32 Å². The first-order valence-corrected chi connectivity index (χ1v) is 7.68. The van der Waals surface area contributed by atoms with E-state index in [1.807, 2.05) is 31.2 Å². The van der Waals surface area contributed by atoms with Crippen LogP contribution in [-0.2, 0) is 4.74 Å². The zero-order valence-corrected chi connectivity index (χ0v) is 13.2. The average molecular weight is 328 g/mol. The summed E-state index contributed by atoms with van der Waals surface area (Å²) < 4.78 is 6.29. The van der Waals surface area contributed by atoms with Gasteiger partial charge in [0.25, 0.3) is 0 Å². The van der Waals surface area contributed by atoms with Crippen molar-refractivity contribution in [1.82, 2.24) is 0 Å². The number of halogens is 1. The maximum Gasteiger partial charge on any atom is 0.411 e.